The van der Waals surface area contributed by atoms with Crippen LogP contribution in [0.1, 0.15) is 29.3 Å². The molecule has 0 unspecified atom stereocenters. The van der Waals surface area contributed by atoms with Crippen LogP contribution in [-0.2, 0) is 0 Å². The van der Waals surface area contributed by atoms with E-state index in [2.05, 4.69) is 4.74 Å². The summed E-state index contributed by atoms with van der Waals surface area (Å²) in [6.07, 6.45) is -3.02. The van der Waals surface area contributed by atoms with Crippen molar-refractivity contribution in [1.29, 1.82) is 0 Å². The topological polar surface area (TPSA) is 52.3 Å². The molecule has 0 spiro atoms. The number of alkyl halides is 4. The maximum absolute atomic E-state index is 12.5. The van der Waals surface area contributed by atoms with Gasteiger partial charge in [0.1, 0.15) is 0 Å². The molecule has 17 heavy (non-hydrogen) atoms. The minimum atomic E-state index is -3.29. The van der Waals surface area contributed by atoms with E-state index in [1.807, 2.05) is 0 Å². The number of hydrogen-bond acceptors (Lipinski definition) is 3. The van der Waals surface area contributed by atoms with E-state index in [0.717, 1.165) is 19.1 Å². The first-order chi connectivity index (χ1) is 7.84. The van der Waals surface area contributed by atoms with Crippen LogP contribution in [0.2, 0.25) is 0 Å². The average molecular weight is 251 g/mol. The first-order valence-electron chi connectivity index (χ1n) is 4.50. The number of nitrogen functional groups attached to an aromatic ring is 1. The Morgan fingerprint density at radius 3 is 2.29 bits per heavy atom. The third-order valence-corrected chi connectivity index (χ3v) is 2.05. The van der Waals surface area contributed by atoms with Gasteiger partial charge in [0.15, 0.2) is 11.5 Å². The van der Waals surface area contributed by atoms with E-state index in [1.165, 1.54) is 0 Å². The average Bonchev–Trinajstić information content (AvgIpc) is 2.19. The van der Waals surface area contributed by atoms with Crippen LogP contribution in [0.15, 0.2) is 12.1 Å². The second kappa shape index (κ2) is 5.03. The number of benzene rings is 1. The van der Waals surface area contributed by atoms with Gasteiger partial charge < -0.3 is 10.5 Å². The molecule has 0 bridgehead atoms. The number of carbonyl (C=O) groups excluding carboxylic acids is 1. The molecular formula is C10H9F4NO2. The van der Waals surface area contributed by atoms with Gasteiger partial charge in [0.25, 0.3) is 6.43 Å². The highest BCUT2D eigenvalue weighted by molar-refractivity contribution is 6.00. The van der Waals surface area contributed by atoms with Gasteiger partial charge in [0, 0.05) is 5.56 Å². The Morgan fingerprint density at radius 2 is 1.88 bits per heavy atom. The summed E-state index contributed by atoms with van der Waals surface area (Å²) in [4.78, 5) is 11.1. The van der Waals surface area contributed by atoms with Crippen LogP contribution in [0.4, 0.5) is 23.2 Å². The van der Waals surface area contributed by atoms with Crippen molar-refractivity contribution < 1.29 is 27.1 Å². The molecule has 0 saturated carbocycles. The highest BCUT2D eigenvalue weighted by Crippen LogP contribution is 2.37. The van der Waals surface area contributed by atoms with E-state index in [4.69, 9.17) is 5.73 Å². The molecule has 0 aliphatic carbocycles. The number of anilines is 1. The molecule has 0 saturated heterocycles. The second-order valence-corrected chi connectivity index (χ2v) is 3.18. The van der Waals surface area contributed by atoms with Crippen LogP contribution in [-0.4, -0.2) is 12.4 Å². The van der Waals surface area contributed by atoms with Gasteiger partial charge in [-0.15, -0.1) is 0 Å². The van der Waals surface area contributed by atoms with Crippen LogP contribution >= 0.6 is 0 Å². The Hall–Kier alpha value is -1.79. The number of halogens is 4. The number of hydrogen-bond donors (Lipinski definition) is 1. The highest BCUT2D eigenvalue weighted by atomic mass is 19.3. The van der Waals surface area contributed by atoms with Crippen molar-refractivity contribution >= 4 is 11.5 Å². The van der Waals surface area contributed by atoms with E-state index < -0.39 is 35.8 Å². The van der Waals surface area contributed by atoms with Crippen LogP contribution in [0.5, 0.6) is 5.75 Å². The predicted octanol–water partition coefficient (Wildman–Crippen LogP) is 3.01. The Bertz CT molecular complexity index is 435. The fraction of sp³-hybridized carbons (Fsp3) is 0.300. The summed E-state index contributed by atoms with van der Waals surface area (Å²) in [5.74, 6) is -1.37. The molecule has 0 radical (unpaired) electrons. The van der Waals surface area contributed by atoms with Gasteiger partial charge in [0.2, 0.25) is 0 Å². The predicted molar refractivity (Wildman–Crippen MR) is 52.4 cm³/mol. The van der Waals surface area contributed by atoms with Gasteiger partial charge in [0.05, 0.1) is 11.3 Å². The summed E-state index contributed by atoms with van der Waals surface area (Å²) >= 11 is 0. The molecule has 1 aromatic rings. The summed E-state index contributed by atoms with van der Waals surface area (Å²) in [6, 6.07) is 1.90. The molecule has 0 amide bonds. The second-order valence-electron chi connectivity index (χ2n) is 3.18. The number of rotatable bonds is 4. The maximum atomic E-state index is 12.5. The summed E-state index contributed by atoms with van der Waals surface area (Å²) < 4.78 is 53.1. The van der Waals surface area contributed by atoms with Gasteiger partial charge in [-0.25, -0.2) is 8.78 Å². The monoisotopic (exact) mass is 251 g/mol. The van der Waals surface area contributed by atoms with Crippen molar-refractivity contribution in [1.82, 2.24) is 0 Å². The van der Waals surface area contributed by atoms with Crippen LogP contribution in [0.3, 0.4) is 0 Å². The fourth-order valence-electron chi connectivity index (χ4n) is 1.32. The lowest BCUT2D eigenvalue weighted by atomic mass is 10.0. The lowest BCUT2D eigenvalue weighted by Gasteiger charge is -2.14. The molecular weight excluding hydrogens is 242 g/mol. The third-order valence-electron chi connectivity index (χ3n) is 2.05. The van der Waals surface area contributed by atoms with Crippen molar-refractivity contribution in [3.63, 3.8) is 0 Å². The maximum Gasteiger partial charge on any atom is 0.387 e. The first-order valence-corrected chi connectivity index (χ1v) is 4.50. The molecule has 0 heterocycles. The Morgan fingerprint density at radius 1 is 1.29 bits per heavy atom. The van der Waals surface area contributed by atoms with E-state index >= 15 is 0 Å². The SMILES string of the molecule is CC(=O)c1ccc(C(F)F)c(OC(F)F)c1N. The molecule has 1 rings (SSSR count). The normalized spacial score (nSPS) is 11.0. The van der Waals surface area contributed by atoms with Crippen molar-refractivity contribution in [2.24, 2.45) is 0 Å². The Kier molecular flexibility index (Phi) is 3.93. The zero-order valence-corrected chi connectivity index (χ0v) is 8.72. The van der Waals surface area contributed by atoms with E-state index in [1.54, 1.807) is 0 Å². The molecule has 0 aromatic heterocycles. The van der Waals surface area contributed by atoms with E-state index in [0.29, 0.717) is 0 Å². The molecule has 0 atom stereocenters. The molecule has 1 aromatic carbocycles. The minimum absolute atomic E-state index is 0.134. The van der Waals surface area contributed by atoms with E-state index in [9.17, 15) is 22.4 Å². The van der Waals surface area contributed by atoms with Crippen molar-refractivity contribution in [3.05, 3.63) is 23.3 Å². The minimum Gasteiger partial charge on any atom is -0.432 e. The molecule has 0 fully saturated rings. The largest absolute Gasteiger partial charge is 0.432 e. The van der Waals surface area contributed by atoms with Gasteiger partial charge >= 0.3 is 6.61 Å². The third kappa shape index (κ3) is 2.86. The molecule has 94 valence electrons. The molecule has 3 nitrogen and oxygen atoms in total. The Balaban J connectivity index is 3.36. The summed E-state index contributed by atoms with van der Waals surface area (Å²) in [6.45, 7) is -2.16. The zero-order valence-electron chi connectivity index (χ0n) is 8.72. The summed E-state index contributed by atoms with van der Waals surface area (Å²) in [5.41, 5.74) is 3.95. The number of carbonyl (C=O) groups is 1. The van der Waals surface area contributed by atoms with Crippen molar-refractivity contribution in [3.8, 4) is 5.75 Å². The van der Waals surface area contributed by atoms with Crippen LogP contribution < -0.4 is 10.5 Å². The number of nitrogens with two attached hydrogens (primary N) is 1. The van der Waals surface area contributed by atoms with Gasteiger partial charge in [-0.1, -0.05) is 0 Å². The number of ether oxygens (including phenoxy) is 1. The number of Topliss-reactive ketones (excluding diaryl/α,β-unsaturated/α-hetero) is 1. The summed E-state index contributed by atoms with van der Waals surface area (Å²) in [5, 5.41) is 0. The highest BCUT2D eigenvalue weighted by Gasteiger charge is 2.22. The lowest BCUT2D eigenvalue weighted by Crippen LogP contribution is -2.10. The molecule has 0 aliphatic heterocycles. The molecule has 7 heteroatoms. The van der Waals surface area contributed by atoms with Crippen molar-refractivity contribution in [2.75, 3.05) is 5.73 Å². The zero-order chi connectivity index (χ0) is 13.2. The fourth-order valence-corrected chi connectivity index (χ4v) is 1.32. The van der Waals surface area contributed by atoms with Crippen LogP contribution in [0, 0.1) is 0 Å². The molecule has 2 N–H and O–H groups in total. The lowest BCUT2D eigenvalue weighted by molar-refractivity contribution is -0.0514. The van der Waals surface area contributed by atoms with Crippen LogP contribution in [0.25, 0.3) is 0 Å². The van der Waals surface area contributed by atoms with E-state index in [-0.39, 0.29) is 5.56 Å². The first kappa shape index (κ1) is 13.3. The van der Waals surface area contributed by atoms with Gasteiger partial charge in [-0.2, -0.15) is 8.78 Å². The number of ketones is 1. The quantitative estimate of drug-likeness (QED) is 0.508. The van der Waals surface area contributed by atoms with Crippen molar-refractivity contribution in [2.45, 2.75) is 20.0 Å². The standard InChI is InChI=1S/C10H9F4NO2/c1-4(16)5-2-3-6(9(11)12)8(7(5)15)17-10(13)14/h2-3,9-10H,15H2,1H3. The smallest absolute Gasteiger partial charge is 0.387 e. The Labute approximate surface area is 94.2 Å². The van der Waals surface area contributed by atoms with Gasteiger partial charge in [-0.3, -0.25) is 4.79 Å². The van der Waals surface area contributed by atoms with Gasteiger partial charge in [-0.05, 0) is 19.1 Å². The summed E-state index contributed by atoms with van der Waals surface area (Å²) in [7, 11) is 0. The molecule has 0 aliphatic rings.